The maximum absolute atomic E-state index is 11.5. The van der Waals surface area contributed by atoms with Gasteiger partial charge in [-0.1, -0.05) is 0 Å². The molecule has 5 nitrogen and oxygen atoms in total. The monoisotopic (exact) mass is 244 g/mol. The van der Waals surface area contributed by atoms with Crippen LogP contribution in [0.1, 0.15) is 27.2 Å². The van der Waals surface area contributed by atoms with Gasteiger partial charge >= 0.3 is 0 Å². The number of hydrogen-bond acceptors (Lipinski definition) is 4. The summed E-state index contributed by atoms with van der Waals surface area (Å²) in [6.07, 6.45) is 0.504. The SMILES string of the molecule is CC(C)NC(=O)CCN1CC(C)OC(CO)C1. The molecule has 1 rings (SSSR count). The topological polar surface area (TPSA) is 61.8 Å². The molecular formula is C12H24N2O3. The number of nitrogens with zero attached hydrogens (tertiary/aromatic N) is 1. The third kappa shape index (κ3) is 5.48. The van der Waals surface area contributed by atoms with E-state index < -0.39 is 0 Å². The van der Waals surface area contributed by atoms with Gasteiger partial charge in [0.25, 0.3) is 0 Å². The highest BCUT2D eigenvalue weighted by molar-refractivity contribution is 5.76. The second-order valence-electron chi connectivity index (χ2n) is 4.98. The summed E-state index contributed by atoms with van der Waals surface area (Å²) in [5, 5.41) is 12.0. The van der Waals surface area contributed by atoms with Gasteiger partial charge in [0.1, 0.15) is 0 Å². The van der Waals surface area contributed by atoms with Crippen molar-refractivity contribution in [3.63, 3.8) is 0 Å². The smallest absolute Gasteiger partial charge is 0.221 e. The number of rotatable bonds is 5. The second-order valence-corrected chi connectivity index (χ2v) is 4.98. The predicted octanol–water partition coefficient (Wildman–Crippen LogP) is -0.0173. The molecule has 0 bridgehead atoms. The summed E-state index contributed by atoms with van der Waals surface area (Å²) in [5.41, 5.74) is 0. The van der Waals surface area contributed by atoms with Crippen LogP contribution in [0.25, 0.3) is 0 Å². The fraction of sp³-hybridized carbons (Fsp3) is 0.917. The van der Waals surface area contributed by atoms with E-state index >= 15 is 0 Å². The van der Waals surface area contributed by atoms with Gasteiger partial charge in [-0.3, -0.25) is 9.69 Å². The van der Waals surface area contributed by atoms with Crippen molar-refractivity contribution in [2.45, 2.75) is 45.4 Å². The van der Waals surface area contributed by atoms with Gasteiger partial charge in [0.2, 0.25) is 5.91 Å². The van der Waals surface area contributed by atoms with Gasteiger partial charge in [-0.25, -0.2) is 0 Å². The first-order valence-electron chi connectivity index (χ1n) is 6.29. The molecule has 0 spiro atoms. The highest BCUT2D eigenvalue weighted by Gasteiger charge is 2.24. The van der Waals surface area contributed by atoms with Crippen LogP contribution < -0.4 is 5.32 Å². The third-order valence-electron chi connectivity index (χ3n) is 2.71. The molecular weight excluding hydrogens is 220 g/mol. The molecule has 0 aromatic carbocycles. The lowest BCUT2D eigenvalue weighted by Crippen LogP contribution is -2.48. The Bertz CT molecular complexity index is 246. The molecule has 0 aliphatic carbocycles. The fourth-order valence-corrected chi connectivity index (χ4v) is 2.08. The number of ether oxygens (including phenoxy) is 1. The predicted molar refractivity (Wildman–Crippen MR) is 65.8 cm³/mol. The Balaban J connectivity index is 2.28. The Labute approximate surface area is 103 Å². The Kier molecular flexibility index (Phi) is 5.88. The van der Waals surface area contributed by atoms with E-state index in [1.807, 2.05) is 20.8 Å². The molecule has 0 radical (unpaired) electrons. The van der Waals surface area contributed by atoms with Crippen LogP contribution in [0.3, 0.4) is 0 Å². The Morgan fingerprint density at radius 3 is 2.82 bits per heavy atom. The zero-order valence-electron chi connectivity index (χ0n) is 11.0. The zero-order valence-corrected chi connectivity index (χ0v) is 11.0. The molecule has 1 heterocycles. The van der Waals surface area contributed by atoms with Gasteiger partial charge in [0, 0.05) is 32.1 Å². The van der Waals surface area contributed by atoms with E-state index in [2.05, 4.69) is 10.2 Å². The molecule has 100 valence electrons. The number of hydrogen-bond donors (Lipinski definition) is 2. The van der Waals surface area contributed by atoms with Crippen LogP contribution in [0.2, 0.25) is 0 Å². The lowest BCUT2D eigenvalue weighted by atomic mass is 10.2. The first-order valence-corrected chi connectivity index (χ1v) is 6.29. The summed E-state index contributed by atoms with van der Waals surface area (Å²) in [7, 11) is 0. The van der Waals surface area contributed by atoms with E-state index in [1.165, 1.54) is 0 Å². The number of carbonyl (C=O) groups is 1. The molecule has 2 unspecified atom stereocenters. The summed E-state index contributed by atoms with van der Waals surface area (Å²) < 4.78 is 5.54. The molecule has 1 aliphatic heterocycles. The molecule has 1 saturated heterocycles. The third-order valence-corrected chi connectivity index (χ3v) is 2.71. The minimum atomic E-state index is -0.119. The first-order chi connectivity index (χ1) is 8.01. The van der Waals surface area contributed by atoms with E-state index in [4.69, 9.17) is 9.84 Å². The number of amides is 1. The van der Waals surface area contributed by atoms with Gasteiger partial charge in [-0.05, 0) is 20.8 Å². The normalized spacial score (nSPS) is 26.2. The van der Waals surface area contributed by atoms with Crippen LogP contribution in [-0.2, 0) is 9.53 Å². The summed E-state index contributed by atoms with van der Waals surface area (Å²) in [6.45, 7) is 8.19. The molecule has 5 heteroatoms. The van der Waals surface area contributed by atoms with Gasteiger partial charge in [0.05, 0.1) is 18.8 Å². The molecule has 1 fully saturated rings. The summed E-state index contributed by atoms with van der Waals surface area (Å²) in [4.78, 5) is 13.7. The summed E-state index contributed by atoms with van der Waals surface area (Å²) in [6, 6.07) is 0.191. The Hall–Kier alpha value is -0.650. The van der Waals surface area contributed by atoms with Gasteiger partial charge < -0.3 is 15.2 Å². The maximum atomic E-state index is 11.5. The molecule has 1 amide bonds. The van der Waals surface area contributed by atoms with Crippen molar-refractivity contribution in [3.8, 4) is 0 Å². The second kappa shape index (κ2) is 6.93. The van der Waals surface area contributed by atoms with Crippen molar-refractivity contribution < 1.29 is 14.6 Å². The van der Waals surface area contributed by atoms with Crippen molar-refractivity contribution in [2.75, 3.05) is 26.2 Å². The number of morpholine rings is 1. The van der Waals surface area contributed by atoms with Gasteiger partial charge in [-0.15, -0.1) is 0 Å². The van der Waals surface area contributed by atoms with Crippen LogP contribution in [0.4, 0.5) is 0 Å². The maximum Gasteiger partial charge on any atom is 0.221 e. The number of aliphatic hydroxyl groups excluding tert-OH is 1. The molecule has 0 saturated carbocycles. The van der Waals surface area contributed by atoms with Crippen LogP contribution in [-0.4, -0.2) is 60.4 Å². The van der Waals surface area contributed by atoms with Crippen molar-refractivity contribution >= 4 is 5.91 Å². The lowest BCUT2D eigenvalue weighted by Gasteiger charge is -2.35. The molecule has 0 aromatic rings. The van der Waals surface area contributed by atoms with Gasteiger partial charge in [-0.2, -0.15) is 0 Å². The average Bonchev–Trinajstić information content (AvgIpc) is 2.24. The summed E-state index contributed by atoms with van der Waals surface area (Å²) in [5.74, 6) is 0.0830. The Morgan fingerprint density at radius 1 is 1.53 bits per heavy atom. The number of nitrogens with one attached hydrogen (secondary N) is 1. The summed E-state index contributed by atoms with van der Waals surface area (Å²) >= 11 is 0. The van der Waals surface area contributed by atoms with Crippen LogP contribution in [0.5, 0.6) is 0 Å². The van der Waals surface area contributed by atoms with Gasteiger partial charge in [0.15, 0.2) is 0 Å². The van der Waals surface area contributed by atoms with E-state index in [0.29, 0.717) is 13.0 Å². The standard InChI is InChI=1S/C12H24N2O3/c1-9(2)13-12(16)4-5-14-6-10(3)17-11(7-14)8-15/h9-11,15H,4-8H2,1-3H3,(H,13,16). The largest absolute Gasteiger partial charge is 0.394 e. The van der Waals surface area contributed by atoms with Crippen molar-refractivity contribution in [2.24, 2.45) is 0 Å². The van der Waals surface area contributed by atoms with Crippen LogP contribution in [0, 0.1) is 0 Å². The number of carbonyl (C=O) groups excluding carboxylic acids is 1. The molecule has 2 atom stereocenters. The molecule has 1 aliphatic rings. The average molecular weight is 244 g/mol. The molecule has 17 heavy (non-hydrogen) atoms. The quantitative estimate of drug-likeness (QED) is 0.713. The van der Waals surface area contributed by atoms with Crippen molar-refractivity contribution in [1.82, 2.24) is 10.2 Å². The zero-order chi connectivity index (χ0) is 12.8. The first kappa shape index (κ1) is 14.4. The molecule has 2 N–H and O–H groups in total. The molecule has 0 aromatic heterocycles. The van der Waals surface area contributed by atoms with Crippen LogP contribution in [0.15, 0.2) is 0 Å². The highest BCUT2D eigenvalue weighted by Crippen LogP contribution is 2.10. The Morgan fingerprint density at radius 2 is 2.24 bits per heavy atom. The fourth-order valence-electron chi connectivity index (χ4n) is 2.08. The van der Waals surface area contributed by atoms with Crippen molar-refractivity contribution in [3.05, 3.63) is 0 Å². The van der Waals surface area contributed by atoms with E-state index in [9.17, 15) is 4.79 Å². The van der Waals surface area contributed by atoms with E-state index in [1.54, 1.807) is 0 Å². The minimum absolute atomic E-state index is 0.0407. The van der Waals surface area contributed by atoms with E-state index in [-0.39, 0.29) is 30.8 Å². The minimum Gasteiger partial charge on any atom is -0.394 e. The highest BCUT2D eigenvalue weighted by atomic mass is 16.5. The van der Waals surface area contributed by atoms with Crippen molar-refractivity contribution in [1.29, 1.82) is 0 Å². The van der Waals surface area contributed by atoms with Crippen LogP contribution >= 0.6 is 0 Å². The lowest BCUT2D eigenvalue weighted by molar-refractivity contribution is -0.123. The van der Waals surface area contributed by atoms with E-state index in [0.717, 1.165) is 13.1 Å². The number of aliphatic hydroxyl groups is 1.